The number of allylic oxidation sites excluding steroid dienone is 3. The lowest BCUT2D eigenvalue weighted by Gasteiger charge is -2.48. The van der Waals surface area contributed by atoms with Crippen molar-refractivity contribution < 1.29 is 14.5 Å². The molecule has 1 fully saturated rings. The number of ether oxygens (including phenoxy) is 1. The van der Waals surface area contributed by atoms with Gasteiger partial charge in [-0.1, -0.05) is 25.4 Å². The molecule has 3 aliphatic rings. The Bertz CT molecular complexity index is 1100. The van der Waals surface area contributed by atoms with Crippen LogP contribution in [0.3, 0.4) is 0 Å². The number of ketones is 1. The molecule has 2 heterocycles. The van der Waals surface area contributed by atoms with Crippen LogP contribution in [0, 0.1) is 26.9 Å². The number of nitrogens with zero attached hydrogens (tertiary/aromatic N) is 4. The molecule has 0 spiro atoms. The molecule has 0 bridgehead atoms. The van der Waals surface area contributed by atoms with Crippen LogP contribution in [0.2, 0.25) is 5.02 Å². The molecule has 4 rings (SSSR count). The van der Waals surface area contributed by atoms with Crippen molar-refractivity contribution >= 4 is 23.1 Å². The molecule has 1 saturated heterocycles. The molecule has 0 amide bonds. The summed E-state index contributed by atoms with van der Waals surface area (Å²) in [6.07, 6.45) is 0.859. The minimum absolute atomic E-state index is 0.109. The van der Waals surface area contributed by atoms with Crippen molar-refractivity contribution in [2.24, 2.45) is 11.1 Å². The van der Waals surface area contributed by atoms with Crippen molar-refractivity contribution in [1.29, 1.82) is 5.26 Å². The van der Waals surface area contributed by atoms with Crippen molar-refractivity contribution in [1.82, 2.24) is 10.0 Å². The van der Waals surface area contributed by atoms with Gasteiger partial charge in [-0.2, -0.15) is 5.26 Å². The third-order valence-corrected chi connectivity index (χ3v) is 6.47. The number of hydrogen-bond donors (Lipinski definition) is 1. The highest BCUT2D eigenvalue weighted by Gasteiger charge is 2.46. The van der Waals surface area contributed by atoms with Gasteiger partial charge in [0, 0.05) is 47.9 Å². The fourth-order valence-corrected chi connectivity index (χ4v) is 4.97. The molecule has 9 nitrogen and oxygen atoms in total. The molecular weight excluding hydrogens is 434 g/mol. The fourth-order valence-electron chi connectivity index (χ4n) is 4.75. The van der Waals surface area contributed by atoms with E-state index < -0.39 is 10.8 Å². The van der Waals surface area contributed by atoms with Gasteiger partial charge in [-0.05, 0) is 23.5 Å². The van der Waals surface area contributed by atoms with Gasteiger partial charge < -0.3 is 10.5 Å². The van der Waals surface area contributed by atoms with E-state index >= 15 is 0 Å². The zero-order valence-electron chi connectivity index (χ0n) is 17.9. The Kier molecular flexibility index (Phi) is 5.71. The second-order valence-electron chi connectivity index (χ2n) is 8.99. The Balaban J connectivity index is 1.96. The maximum absolute atomic E-state index is 13.5. The van der Waals surface area contributed by atoms with E-state index in [0.29, 0.717) is 50.3 Å². The Morgan fingerprint density at radius 2 is 2.00 bits per heavy atom. The normalized spacial score (nSPS) is 23.8. The molecule has 0 saturated carbocycles. The lowest BCUT2D eigenvalue weighted by molar-refractivity contribution is -0.384. The number of benzene rings is 1. The van der Waals surface area contributed by atoms with Gasteiger partial charge in [0.05, 0.1) is 35.7 Å². The van der Waals surface area contributed by atoms with Gasteiger partial charge in [0.15, 0.2) is 5.78 Å². The summed E-state index contributed by atoms with van der Waals surface area (Å²) in [6.45, 7) is 6.17. The SMILES string of the molecule is CC1(C)CC(=O)C2=C(C1)N(N1CCOCC1)C(N)=C(C#N)C2c1cc([N+](=O)[O-])ccc1Cl. The molecule has 1 atom stereocenters. The number of non-ortho nitro benzene ring substituents is 1. The Morgan fingerprint density at radius 3 is 2.62 bits per heavy atom. The Morgan fingerprint density at radius 1 is 1.31 bits per heavy atom. The van der Waals surface area contributed by atoms with Crippen molar-refractivity contribution in [2.45, 2.75) is 32.6 Å². The summed E-state index contributed by atoms with van der Waals surface area (Å²) in [5.74, 6) is -0.753. The van der Waals surface area contributed by atoms with Crippen LogP contribution in [0.5, 0.6) is 0 Å². The highest BCUT2D eigenvalue weighted by Crippen LogP contribution is 2.50. The van der Waals surface area contributed by atoms with Gasteiger partial charge in [-0.3, -0.25) is 19.9 Å². The van der Waals surface area contributed by atoms with Crippen molar-refractivity contribution in [3.05, 3.63) is 61.6 Å². The predicted molar refractivity (Wildman–Crippen MR) is 117 cm³/mol. The van der Waals surface area contributed by atoms with Gasteiger partial charge in [-0.25, -0.2) is 5.01 Å². The van der Waals surface area contributed by atoms with Crippen LogP contribution >= 0.6 is 11.6 Å². The van der Waals surface area contributed by atoms with E-state index in [1.54, 1.807) is 5.01 Å². The number of hydrogen-bond acceptors (Lipinski definition) is 8. The molecule has 1 unspecified atom stereocenters. The maximum atomic E-state index is 13.5. The monoisotopic (exact) mass is 457 g/mol. The molecule has 32 heavy (non-hydrogen) atoms. The Hall–Kier alpha value is -2.93. The van der Waals surface area contributed by atoms with Gasteiger partial charge in [-0.15, -0.1) is 0 Å². The minimum Gasteiger partial charge on any atom is -0.383 e. The first kappa shape index (κ1) is 22.3. The number of morpholine rings is 1. The topological polar surface area (TPSA) is 126 Å². The molecule has 10 heteroatoms. The van der Waals surface area contributed by atoms with Crippen LogP contribution in [-0.2, 0) is 9.53 Å². The van der Waals surface area contributed by atoms with Crippen LogP contribution in [0.4, 0.5) is 5.69 Å². The molecular formula is C22H24ClN5O4. The van der Waals surface area contributed by atoms with E-state index in [2.05, 4.69) is 6.07 Å². The number of Topliss-reactive ketones (excluding diaryl/α,β-unsaturated/α-hetero) is 1. The molecule has 1 aromatic carbocycles. The van der Waals surface area contributed by atoms with Crippen LogP contribution in [0.15, 0.2) is 40.9 Å². The summed E-state index contributed by atoms with van der Waals surface area (Å²) in [5.41, 5.74) is 7.74. The number of carbonyl (C=O) groups excluding carboxylic acids is 1. The Labute approximate surface area is 190 Å². The molecule has 0 aromatic heterocycles. The van der Waals surface area contributed by atoms with Gasteiger partial charge >= 0.3 is 0 Å². The first-order chi connectivity index (χ1) is 15.1. The molecule has 2 N–H and O–H groups in total. The molecule has 0 radical (unpaired) electrons. The molecule has 2 aliphatic heterocycles. The van der Waals surface area contributed by atoms with Crippen LogP contribution < -0.4 is 5.73 Å². The quantitative estimate of drug-likeness (QED) is 0.541. The first-order valence-electron chi connectivity index (χ1n) is 10.4. The van der Waals surface area contributed by atoms with Gasteiger partial charge in [0.25, 0.3) is 5.69 Å². The third-order valence-electron chi connectivity index (χ3n) is 6.13. The van der Waals surface area contributed by atoms with Gasteiger partial charge in [0.2, 0.25) is 0 Å². The van der Waals surface area contributed by atoms with Crippen molar-refractivity contribution in [3.8, 4) is 6.07 Å². The lowest BCUT2D eigenvalue weighted by atomic mass is 9.69. The summed E-state index contributed by atoms with van der Waals surface area (Å²) in [7, 11) is 0. The standard InChI is InChI=1S/C22H24ClN5O4/c1-22(2)10-17-20(18(29)11-22)19(14-9-13(28(30)31)3-4-16(14)23)15(12-24)21(25)27(17)26-5-7-32-8-6-26/h3-4,9,19H,5-8,10-11,25H2,1-2H3. The van der Waals surface area contributed by atoms with Crippen LogP contribution in [0.1, 0.15) is 38.2 Å². The zero-order chi connectivity index (χ0) is 23.2. The average Bonchev–Trinajstić information content (AvgIpc) is 2.73. The molecule has 1 aromatic rings. The van der Waals surface area contributed by atoms with E-state index in [-0.39, 0.29) is 33.3 Å². The summed E-state index contributed by atoms with van der Waals surface area (Å²) in [6, 6.07) is 6.22. The van der Waals surface area contributed by atoms with Crippen LogP contribution in [-0.4, -0.2) is 47.0 Å². The zero-order valence-corrected chi connectivity index (χ0v) is 18.7. The predicted octanol–water partition coefficient (Wildman–Crippen LogP) is 3.23. The minimum atomic E-state index is -0.858. The number of hydrazine groups is 1. The van der Waals surface area contributed by atoms with E-state index in [1.165, 1.54) is 18.2 Å². The highest BCUT2D eigenvalue weighted by molar-refractivity contribution is 6.31. The fraction of sp³-hybridized carbons (Fsp3) is 0.455. The number of nitriles is 1. The first-order valence-corrected chi connectivity index (χ1v) is 10.7. The third kappa shape index (κ3) is 3.75. The average molecular weight is 458 g/mol. The van der Waals surface area contributed by atoms with Crippen LogP contribution in [0.25, 0.3) is 0 Å². The van der Waals surface area contributed by atoms with Gasteiger partial charge in [0.1, 0.15) is 5.82 Å². The lowest BCUT2D eigenvalue weighted by Crippen LogP contribution is -2.53. The molecule has 168 valence electrons. The number of halogens is 1. The molecule has 1 aliphatic carbocycles. The van der Waals surface area contributed by atoms with Crippen molar-refractivity contribution in [3.63, 3.8) is 0 Å². The summed E-state index contributed by atoms with van der Waals surface area (Å²) in [5, 5.41) is 25.5. The van der Waals surface area contributed by atoms with E-state index in [4.69, 9.17) is 22.1 Å². The number of nitrogens with two attached hydrogens (primary N) is 1. The number of nitro groups is 1. The summed E-state index contributed by atoms with van der Waals surface area (Å²) >= 11 is 6.45. The number of rotatable bonds is 3. The second-order valence-corrected chi connectivity index (χ2v) is 9.39. The van der Waals surface area contributed by atoms with Crippen molar-refractivity contribution in [2.75, 3.05) is 26.3 Å². The van der Waals surface area contributed by atoms with E-state index in [1.807, 2.05) is 18.9 Å². The second kappa shape index (κ2) is 8.20. The maximum Gasteiger partial charge on any atom is 0.269 e. The summed E-state index contributed by atoms with van der Waals surface area (Å²) in [4.78, 5) is 24.4. The van der Waals surface area contributed by atoms with E-state index in [0.717, 1.165) is 5.70 Å². The van der Waals surface area contributed by atoms with E-state index in [9.17, 15) is 20.2 Å². The number of carbonyl (C=O) groups is 1. The summed E-state index contributed by atoms with van der Waals surface area (Å²) < 4.78 is 5.46. The smallest absolute Gasteiger partial charge is 0.269 e. The highest BCUT2D eigenvalue weighted by atomic mass is 35.5. The number of nitro benzene ring substituents is 1. The largest absolute Gasteiger partial charge is 0.383 e.